The van der Waals surface area contributed by atoms with Gasteiger partial charge in [-0.3, -0.25) is 29.9 Å². The van der Waals surface area contributed by atoms with Crippen molar-refractivity contribution in [2.45, 2.75) is 0 Å². The summed E-state index contributed by atoms with van der Waals surface area (Å²) in [5, 5.41) is 13.2. The van der Waals surface area contributed by atoms with E-state index in [1.54, 1.807) is 0 Å². The summed E-state index contributed by atoms with van der Waals surface area (Å²) in [4.78, 5) is 47.7. The largest absolute Gasteiger partial charge is 0.264 e. The molecule has 0 bridgehead atoms. The summed E-state index contributed by atoms with van der Waals surface area (Å²) in [6.07, 6.45) is 14.8. The molecule has 0 aliphatic carbocycles. The summed E-state index contributed by atoms with van der Waals surface area (Å²) in [6, 6.07) is 97.7. The SMILES string of the molecule is c1cc(-c2ccc3ccc(-c4ccc5ccc(-c6ccc(-c7cc8cccnc8c8ncccc78)cc6)cc5n4)cc3n2)c2ccncc2c1.c1cc(-c2ccc3ccc(-c4ccc5ccc(-c6ccc(-c7ccnc8c7ccc7cccnc78)cc6)cc5n4)cc3n2)c2ccncc2c1. The second-order valence-corrected chi connectivity index (χ2v) is 25.2. The van der Waals surface area contributed by atoms with E-state index >= 15 is 0 Å². The highest BCUT2D eigenvalue weighted by atomic mass is 14.8. The van der Waals surface area contributed by atoms with Crippen molar-refractivity contribution in [3.8, 4) is 89.5 Å². The van der Waals surface area contributed by atoms with Gasteiger partial charge in [0.25, 0.3) is 0 Å². The van der Waals surface area contributed by atoms with Gasteiger partial charge in [-0.1, -0.05) is 188 Å². The molecule has 0 saturated carbocycles. The van der Waals surface area contributed by atoms with Crippen LogP contribution in [-0.4, -0.2) is 49.8 Å². The van der Waals surface area contributed by atoms with Crippen molar-refractivity contribution >= 4 is 109 Å². The first kappa shape index (κ1) is 57.7. The van der Waals surface area contributed by atoms with Gasteiger partial charge >= 0.3 is 0 Å². The first-order valence-corrected chi connectivity index (χ1v) is 33.3. The average Bonchev–Trinajstić information content (AvgIpc) is 0.785. The fraction of sp³-hybridized carbons (Fsp3) is 0. The van der Waals surface area contributed by atoms with Crippen LogP contribution in [0.2, 0.25) is 0 Å². The van der Waals surface area contributed by atoms with Crippen LogP contribution < -0.4 is 0 Å². The topological polar surface area (TPSA) is 129 Å². The van der Waals surface area contributed by atoms with Crippen molar-refractivity contribution in [3.05, 3.63) is 329 Å². The smallest absolute Gasteiger partial charge is 0.0970 e. The molecule has 0 amide bonds. The Hall–Kier alpha value is -13.7. The number of hydrogen-bond acceptors (Lipinski definition) is 10. The van der Waals surface area contributed by atoms with Gasteiger partial charge in [-0.25, -0.2) is 19.9 Å². The van der Waals surface area contributed by atoms with E-state index in [-0.39, 0.29) is 0 Å². The van der Waals surface area contributed by atoms with Gasteiger partial charge in [0, 0.05) is 126 Å². The van der Waals surface area contributed by atoms with E-state index < -0.39 is 0 Å². The summed E-state index contributed by atoms with van der Waals surface area (Å²) in [7, 11) is 0. The van der Waals surface area contributed by atoms with Crippen LogP contribution in [0.25, 0.3) is 198 Å². The van der Waals surface area contributed by atoms with Gasteiger partial charge in [-0.2, -0.15) is 0 Å². The van der Waals surface area contributed by atoms with E-state index in [1.165, 1.54) is 0 Å². The zero-order chi connectivity index (χ0) is 66.0. The summed E-state index contributed by atoms with van der Waals surface area (Å²) in [5.74, 6) is 0. The van der Waals surface area contributed by atoms with Crippen molar-refractivity contribution in [2.24, 2.45) is 0 Å². The highest BCUT2D eigenvalue weighted by molar-refractivity contribution is 6.11. The average molecular weight is 1280 g/mol. The van der Waals surface area contributed by atoms with Gasteiger partial charge in [0.15, 0.2) is 0 Å². The van der Waals surface area contributed by atoms with Crippen molar-refractivity contribution in [2.75, 3.05) is 0 Å². The molecule has 0 aliphatic rings. The standard InChI is InChI=1S/2C45H27N5/c1-4-35-27-46-23-20-36(35)37(6-1)41-19-17-31-13-15-33(26-43(31)50-41)40-18-16-30-12-14-32(25-42(30)49-40)28-8-10-29(11-9-28)39-24-34-5-2-21-47-44(34)45-38(39)7-3-22-48-45;1-3-35-27-46-23-20-37(35)38(5-1)41-19-16-31-11-13-34(26-43(31)50-41)40-18-15-30-10-12-33(25-42(30)49-40)28-6-8-29(9-7-28)36-21-24-48-45-39(36)17-14-32-4-2-22-47-44(32)45/h2*1-27H. The highest BCUT2D eigenvalue weighted by Gasteiger charge is 2.16. The lowest BCUT2D eigenvalue weighted by atomic mass is 9.95. The van der Waals surface area contributed by atoms with Crippen molar-refractivity contribution in [3.63, 3.8) is 0 Å². The van der Waals surface area contributed by atoms with E-state index in [1.807, 2.05) is 67.8 Å². The number of rotatable bonds is 8. The fourth-order valence-corrected chi connectivity index (χ4v) is 14.2. The zero-order valence-corrected chi connectivity index (χ0v) is 53.6. The summed E-state index contributed by atoms with van der Waals surface area (Å²) in [5.41, 5.74) is 24.6. The Balaban J connectivity index is 0.000000139. The second kappa shape index (κ2) is 24.2. The van der Waals surface area contributed by atoms with Crippen molar-refractivity contribution in [1.82, 2.24) is 49.8 Å². The van der Waals surface area contributed by atoms with Crippen LogP contribution in [-0.2, 0) is 0 Å². The van der Waals surface area contributed by atoms with Gasteiger partial charge in [0.05, 0.1) is 66.9 Å². The van der Waals surface area contributed by atoms with Gasteiger partial charge in [0.1, 0.15) is 0 Å². The molecule has 20 aromatic rings. The number of pyridine rings is 10. The molecule has 100 heavy (non-hydrogen) atoms. The molecule has 0 unspecified atom stereocenters. The van der Waals surface area contributed by atoms with Crippen LogP contribution in [0, 0.1) is 0 Å². The third-order valence-electron chi connectivity index (χ3n) is 19.3. The van der Waals surface area contributed by atoms with Crippen LogP contribution in [0.5, 0.6) is 0 Å². The van der Waals surface area contributed by atoms with Crippen LogP contribution in [0.1, 0.15) is 0 Å². The predicted molar refractivity (Wildman–Crippen MR) is 409 cm³/mol. The van der Waals surface area contributed by atoms with Crippen molar-refractivity contribution < 1.29 is 0 Å². The lowest BCUT2D eigenvalue weighted by molar-refractivity contribution is 1.36. The third-order valence-corrected chi connectivity index (χ3v) is 19.3. The quantitative estimate of drug-likeness (QED) is 0.136. The Morgan fingerprint density at radius 1 is 0.180 bits per heavy atom. The predicted octanol–water partition coefficient (Wildman–Crippen LogP) is 22.2. The number of fused-ring (bicyclic) bond motifs is 12. The maximum atomic E-state index is 5.14. The van der Waals surface area contributed by atoms with Crippen LogP contribution in [0.4, 0.5) is 0 Å². The number of nitrogens with zero attached hydrogens (tertiary/aromatic N) is 10. The Bertz CT molecular complexity index is 6640. The van der Waals surface area contributed by atoms with Gasteiger partial charge in [-0.15, -0.1) is 0 Å². The minimum Gasteiger partial charge on any atom is -0.264 e. The normalized spacial score (nSPS) is 11.6. The molecule has 10 heterocycles. The molecule has 464 valence electrons. The second-order valence-electron chi connectivity index (χ2n) is 25.2. The van der Waals surface area contributed by atoms with Gasteiger partial charge in [0.2, 0.25) is 0 Å². The molecule has 0 spiro atoms. The molecule has 0 aliphatic heterocycles. The van der Waals surface area contributed by atoms with E-state index in [9.17, 15) is 0 Å². The minimum atomic E-state index is 0.918. The molecule has 0 saturated heterocycles. The maximum absolute atomic E-state index is 5.14. The summed E-state index contributed by atoms with van der Waals surface area (Å²) < 4.78 is 0. The summed E-state index contributed by atoms with van der Waals surface area (Å²) in [6.45, 7) is 0. The molecule has 0 radical (unpaired) electrons. The molecular formula is C90H54N10. The molecule has 0 N–H and O–H groups in total. The Morgan fingerprint density at radius 2 is 0.560 bits per heavy atom. The number of benzene rings is 10. The number of aromatic nitrogens is 10. The Labute approximate surface area is 573 Å². The van der Waals surface area contributed by atoms with Crippen LogP contribution in [0.15, 0.2) is 329 Å². The molecule has 10 heteroatoms. The minimum absolute atomic E-state index is 0.918. The first-order valence-electron chi connectivity index (χ1n) is 33.3. The Kier molecular flexibility index (Phi) is 14.0. The van der Waals surface area contributed by atoms with Crippen LogP contribution in [0.3, 0.4) is 0 Å². The van der Waals surface area contributed by atoms with Crippen molar-refractivity contribution in [1.29, 1.82) is 0 Å². The van der Waals surface area contributed by atoms with E-state index in [0.717, 1.165) is 198 Å². The summed E-state index contributed by atoms with van der Waals surface area (Å²) >= 11 is 0. The zero-order valence-electron chi connectivity index (χ0n) is 53.6. The van der Waals surface area contributed by atoms with Crippen LogP contribution >= 0.6 is 0 Å². The van der Waals surface area contributed by atoms with E-state index in [2.05, 4.69) is 291 Å². The molecule has 10 aromatic heterocycles. The van der Waals surface area contributed by atoms with E-state index in [0.29, 0.717) is 0 Å². The molecule has 0 atom stereocenters. The molecule has 20 rings (SSSR count). The highest BCUT2D eigenvalue weighted by Crippen LogP contribution is 2.39. The monoisotopic (exact) mass is 1270 g/mol. The fourth-order valence-electron chi connectivity index (χ4n) is 14.2. The molecule has 10 nitrogen and oxygen atoms in total. The third kappa shape index (κ3) is 10.5. The Morgan fingerprint density at radius 3 is 1.10 bits per heavy atom. The maximum Gasteiger partial charge on any atom is 0.0970 e. The lowest BCUT2D eigenvalue weighted by Crippen LogP contribution is -1.90. The van der Waals surface area contributed by atoms with E-state index in [4.69, 9.17) is 19.9 Å². The first-order chi connectivity index (χ1) is 49.5. The molecule has 0 fully saturated rings. The number of hydrogen-bond donors (Lipinski definition) is 0. The van der Waals surface area contributed by atoms with Gasteiger partial charge in [-0.05, 0) is 146 Å². The lowest BCUT2D eigenvalue weighted by Gasteiger charge is -2.11. The molecular weight excluding hydrogens is 1220 g/mol. The van der Waals surface area contributed by atoms with Gasteiger partial charge < -0.3 is 0 Å². The molecule has 10 aromatic carbocycles.